The van der Waals surface area contributed by atoms with Gasteiger partial charge >= 0.3 is 0 Å². The van der Waals surface area contributed by atoms with Gasteiger partial charge in [-0.25, -0.2) is 8.78 Å². The van der Waals surface area contributed by atoms with Crippen LogP contribution in [0.5, 0.6) is 0 Å². The monoisotopic (exact) mass is 225 g/mol. The predicted molar refractivity (Wildman–Crippen MR) is 62.3 cm³/mol. The molecule has 0 heterocycles. The molecule has 1 aromatic rings. The van der Waals surface area contributed by atoms with Crippen LogP contribution in [0.2, 0.25) is 0 Å². The molecule has 88 valence electrons. The first-order valence-corrected chi connectivity index (χ1v) is 5.45. The van der Waals surface area contributed by atoms with Crippen LogP contribution in [-0.4, -0.2) is 12.6 Å². The number of benzene rings is 1. The standard InChI is InChI=1S/C13H17F2N/c1-3-5-13(16-4-2)8-10-6-11(14)9-12(15)7-10/h3,6-7,9,13,16H,1,4-5,8H2,2H3. The molecule has 0 aliphatic heterocycles. The van der Waals surface area contributed by atoms with Crippen LogP contribution in [0.15, 0.2) is 30.9 Å². The second-order valence-corrected chi connectivity index (χ2v) is 3.76. The van der Waals surface area contributed by atoms with E-state index in [1.807, 2.05) is 13.0 Å². The van der Waals surface area contributed by atoms with Gasteiger partial charge in [0.15, 0.2) is 0 Å². The highest BCUT2D eigenvalue weighted by atomic mass is 19.1. The van der Waals surface area contributed by atoms with Crippen molar-refractivity contribution in [3.05, 3.63) is 48.1 Å². The zero-order valence-corrected chi connectivity index (χ0v) is 9.47. The largest absolute Gasteiger partial charge is 0.314 e. The predicted octanol–water partition coefficient (Wildman–Crippen LogP) is 3.06. The first-order valence-electron chi connectivity index (χ1n) is 5.45. The molecular formula is C13H17F2N. The Bertz CT molecular complexity index is 330. The van der Waals surface area contributed by atoms with Crippen molar-refractivity contribution in [1.29, 1.82) is 0 Å². The van der Waals surface area contributed by atoms with E-state index in [4.69, 9.17) is 0 Å². The molecule has 0 aliphatic carbocycles. The summed E-state index contributed by atoms with van der Waals surface area (Å²) < 4.78 is 25.9. The van der Waals surface area contributed by atoms with E-state index in [1.165, 1.54) is 12.1 Å². The van der Waals surface area contributed by atoms with Gasteiger partial charge in [0.05, 0.1) is 0 Å². The molecule has 0 spiro atoms. The fourth-order valence-electron chi connectivity index (χ4n) is 1.74. The molecule has 1 aromatic carbocycles. The Labute approximate surface area is 95.2 Å². The second-order valence-electron chi connectivity index (χ2n) is 3.76. The maximum atomic E-state index is 13.0. The van der Waals surface area contributed by atoms with Gasteiger partial charge in [-0.2, -0.15) is 0 Å². The van der Waals surface area contributed by atoms with E-state index < -0.39 is 11.6 Å². The number of rotatable bonds is 6. The minimum absolute atomic E-state index is 0.184. The Kier molecular flexibility index (Phi) is 5.12. The van der Waals surface area contributed by atoms with Crippen LogP contribution < -0.4 is 5.32 Å². The Morgan fingerprint density at radius 2 is 1.94 bits per heavy atom. The molecule has 1 unspecified atom stereocenters. The van der Waals surface area contributed by atoms with Gasteiger partial charge in [0.2, 0.25) is 0 Å². The lowest BCUT2D eigenvalue weighted by Gasteiger charge is -2.16. The van der Waals surface area contributed by atoms with Crippen molar-refractivity contribution in [3.8, 4) is 0 Å². The lowest BCUT2D eigenvalue weighted by molar-refractivity contribution is 0.523. The SMILES string of the molecule is C=CCC(Cc1cc(F)cc(F)c1)NCC. The maximum Gasteiger partial charge on any atom is 0.126 e. The van der Waals surface area contributed by atoms with Gasteiger partial charge in [-0.05, 0) is 37.1 Å². The normalized spacial score (nSPS) is 12.4. The molecule has 3 heteroatoms. The van der Waals surface area contributed by atoms with Gasteiger partial charge in [-0.3, -0.25) is 0 Å². The molecule has 0 amide bonds. The molecule has 16 heavy (non-hydrogen) atoms. The maximum absolute atomic E-state index is 13.0. The average molecular weight is 225 g/mol. The number of halogens is 2. The number of hydrogen-bond acceptors (Lipinski definition) is 1. The highest BCUT2D eigenvalue weighted by molar-refractivity contribution is 5.19. The molecule has 1 nitrogen and oxygen atoms in total. The van der Waals surface area contributed by atoms with E-state index in [1.54, 1.807) is 0 Å². The van der Waals surface area contributed by atoms with Crippen molar-refractivity contribution >= 4 is 0 Å². The zero-order chi connectivity index (χ0) is 12.0. The third-order valence-electron chi connectivity index (χ3n) is 2.35. The van der Waals surface area contributed by atoms with Crippen molar-refractivity contribution < 1.29 is 8.78 Å². The summed E-state index contributed by atoms with van der Waals surface area (Å²) in [5.74, 6) is -1.05. The van der Waals surface area contributed by atoms with Crippen molar-refractivity contribution in [2.75, 3.05) is 6.54 Å². The number of nitrogens with one attached hydrogen (secondary N) is 1. The lowest BCUT2D eigenvalue weighted by Crippen LogP contribution is -2.30. The van der Waals surface area contributed by atoms with Gasteiger partial charge in [-0.1, -0.05) is 13.0 Å². The summed E-state index contributed by atoms with van der Waals surface area (Å²) in [7, 11) is 0. The molecule has 1 rings (SSSR count). The van der Waals surface area contributed by atoms with Gasteiger partial charge in [0.1, 0.15) is 11.6 Å². The molecular weight excluding hydrogens is 208 g/mol. The van der Waals surface area contributed by atoms with Crippen molar-refractivity contribution in [2.45, 2.75) is 25.8 Å². The van der Waals surface area contributed by atoms with Crippen LogP contribution in [0.25, 0.3) is 0 Å². The second kappa shape index (κ2) is 6.38. The van der Waals surface area contributed by atoms with Crippen LogP contribution in [0.4, 0.5) is 8.78 Å². The fourth-order valence-corrected chi connectivity index (χ4v) is 1.74. The van der Waals surface area contributed by atoms with Crippen molar-refractivity contribution in [3.63, 3.8) is 0 Å². The Hall–Kier alpha value is -1.22. The number of hydrogen-bond donors (Lipinski definition) is 1. The number of likely N-dealkylation sites (N-methyl/N-ethyl adjacent to an activating group) is 1. The molecule has 1 N–H and O–H groups in total. The average Bonchev–Trinajstić information content (AvgIpc) is 2.16. The van der Waals surface area contributed by atoms with E-state index in [9.17, 15) is 8.78 Å². The van der Waals surface area contributed by atoms with E-state index in [0.29, 0.717) is 12.0 Å². The van der Waals surface area contributed by atoms with E-state index in [2.05, 4.69) is 11.9 Å². The minimum Gasteiger partial charge on any atom is -0.314 e. The van der Waals surface area contributed by atoms with Crippen LogP contribution >= 0.6 is 0 Å². The molecule has 1 atom stereocenters. The Morgan fingerprint density at radius 3 is 2.44 bits per heavy atom. The fraction of sp³-hybridized carbons (Fsp3) is 0.385. The van der Waals surface area contributed by atoms with E-state index in [-0.39, 0.29) is 6.04 Å². The smallest absolute Gasteiger partial charge is 0.126 e. The van der Waals surface area contributed by atoms with Gasteiger partial charge < -0.3 is 5.32 Å². The van der Waals surface area contributed by atoms with Crippen molar-refractivity contribution in [1.82, 2.24) is 5.32 Å². The van der Waals surface area contributed by atoms with Crippen LogP contribution in [0.3, 0.4) is 0 Å². The first-order chi connectivity index (χ1) is 7.65. The Balaban J connectivity index is 2.71. The molecule has 0 saturated heterocycles. The summed E-state index contributed by atoms with van der Waals surface area (Å²) in [5, 5.41) is 3.25. The van der Waals surface area contributed by atoms with Crippen molar-refractivity contribution in [2.24, 2.45) is 0 Å². The summed E-state index contributed by atoms with van der Waals surface area (Å²) in [6, 6.07) is 3.82. The summed E-state index contributed by atoms with van der Waals surface area (Å²) in [6.07, 6.45) is 3.20. The van der Waals surface area contributed by atoms with Crippen LogP contribution in [-0.2, 0) is 6.42 Å². The van der Waals surface area contributed by atoms with Gasteiger partial charge in [-0.15, -0.1) is 6.58 Å². The summed E-state index contributed by atoms with van der Waals surface area (Å²) in [6.45, 7) is 6.50. The zero-order valence-electron chi connectivity index (χ0n) is 9.47. The van der Waals surface area contributed by atoms with Crippen LogP contribution in [0.1, 0.15) is 18.9 Å². The third-order valence-corrected chi connectivity index (χ3v) is 2.35. The van der Waals surface area contributed by atoms with E-state index >= 15 is 0 Å². The molecule has 0 fully saturated rings. The van der Waals surface area contributed by atoms with Gasteiger partial charge in [0.25, 0.3) is 0 Å². The minimum atomic E-state index is -0.524. The highest BCUT2D eigenvalue weighted by Crippen LogP contribution is 2.11. The lowest BCUT2D eigenvalue weighted by atomic mass is 10.0. The topological polar surface area (TPSA) is 12.0 Å². The van der Waals surface area contributed by atoms with Gasteiger partial charge in [0, 0.05) is 12.1 Å². The molecule has 0 aliphatic rings. The highest BCUT2D eigenvalue weighted by Gasteiger charge is 2.08. The summed E-state index contributed by atoms with van der Waals surface area (Å²) in [5.41, 5.74) is 0.672. The quantitative estimate of drug-likeness (QED) is 0.734. The van der Waals surface area contributed by atoms with E-state index in [0.717, 1.165) is 19.0 Å². The Morgan fingerprint density at radius 1 is 1.31 bits per heavy atom. The first kappa shape index (κ1) is 12.8. The molecule has 0 saturated carbocycles. The molecule has 0 radical (unpaired) electrons. The van der Waals surface area contributed by atoms with Crippen LogP contribution in [0, 0.1) is 11.6 Å². The summed E-state index contributed by atoms with van der Waals surface area (Å²) in [4.78, 5) is 0. The summed E-state index contributed by atoms with van der Waals surface area (Å²) >= 11 is 0. The molecule has 0 bridgehead atoms. The molecule has 0 aromatic heterocycles. The third kappa shape index (κ3) is 4.11.